The minimum Gasteiger partial charge on any atom is -0.457 e. The highest BCUT2D eigenvalue weighted by Crippen LogP contribution is 2.52. The summed E-state index contributed by atoms with van der Waals surface area (Å²) in [5.74, 6) is -2.07. The van der Waals surface area contributed by atoms with Crippen molar-refractivity contribution in [1.29, 1.82) is 0 Å². The number of hydrogen-bond donors (Lipinski definition) is 0. The van der Waals surface area contributed by atoms with Gasteiger partial charge in [0.15, 0.2) is 14.1 Å². The van der Waals surface area contributed by atoms with E-state index in [9.17, 15) is 0 Å². The molecule has 1 saturated heterocycles. The van der Waals surface area contributed by atoms with Crippen molar-refractivity contribution in [3.63, 3.8) is 0 Å². The number of esters is 1. The lowest BCUT2D eigenvalue weighted by Gasteiger charge is -2.55. The number of thiophene rings is 1. The van der Waals surface area contributed by atoms with E-state index in [4.69, 9.17) is 9.16 Å². The Morgan fingerprint density at radius 3 is 2.02 bits per heavy atom. The molecular formula is C50H55N2O5PSSi. The molecule has 0 N–H and O–H groups in total. The maximum atomic E-state index is 15.5. The number of hydrogen-bond acceptors (Lipinski definition) is 7. The third kappa shape index (κ3) is 8.25. The van der Waals surface area contributed by atoms with Crippen molar-refractivity contribution in [2.45, 2.75) is 77.2 Å². The van der Waals surface area contributed by atoms with E-state index in [0.717, 1.165) is 43.9 Å². The second kappa shape index (κ2) is 18.0. The highest BCUT2D eigenvalue weighted by atomic mass is 32.1. The van der Waals surface area contributed by atoms with Crippen molar-refractivity contribution in [1.82, 2.24) is 9.88 Å². The molecule has 2 fully saturated rings. The maximum Gasteiger partial charge on any atom is 0.356 e. The van der Waals surface area contributed by atoms with Crippen molar-refractivity contribution in [2.24, 2.45) is 11.8 Å². The number of likely N-dealkylation sites (tertiary alicyclic amines) is 1. The molecule has 7 nitrogen and oxygen atoms in total. The van der Waals surface area contributed by atoms with Gasteiger partial charge in [0.2, 0.25) is 5.91 Å². The van der Waals surface area contributed by atoms with Crippen LogP contribution in [-0.2, 0) is 23.5 Å². The van der Waals surface area contributed by atoms with Crippen molar-refractivity contribution in [3.05, 3.63) is 150 Å². The Kier molecular flexibility index (Phi) is 12.9. The third-order valence-electron chi connectivity index (χ3n) is 12.4. The molecule has 7 rings (SSSR count). The van der Waals surface area contributed by atoms with Crippen LogP contribution in [0.4, 0.5) is 0 Å². The zero-order valence-corrected chi connectivity index (χ0v) is 38.1. The molecule has 60 heavy (non-hydrogen) atoms. The van der Waals surface area contributed by atoms with Gasteiger partial charge in [-0.05, 0) is 107 Å². The molecule has 4 atom stereocenters. The van der Waals surface area contributed by atoms with Crippen LogP contribution < -0.4 is 15.9 Å². The van der Waals surface area contributed by atoms with E-state index >= 15 is 14.4 Å². The monoisotopic (exact) mass is 854 g/mol. The van der Waals surface area contributed by atoms with Crippen LogP contribution in [0.5, 0.6) is 0 Å². The number of ether oxygens (including phenoxy) is 1. The summed E-state index contributed by atoms with van der Waals surface area (Å²) in [6.07, 6.45) is 8.59. The van der Waals surface area contributed by atoms with Crippen LogP contribution in [-0.4, -0.2) is 60.0 Å². The third-order valence-corrected chi connectivity index (χ3v) is 22.2. The zero-order chi connectivity index (χ0) is 42.7. The van der Waals surface area contributed by atoms with Crippen molar-refractivity contribution >= 4 is 71.6 Å². The first-order chi connectivity index (χ1) is 28.8. The molecule has 1 amide bonds. The van der Waals surface area contributed by atoms with E-state index in [1.807, 2.05) is 116 Å². The van der Waals surface area contributed by atoms with E-state index in [1.54, 1.807) is 34.7 Å². The van der Waals surface area contributed by atoms with Crippen LogP contribution in [0.1, 0.15) is 51.8 Å². The van der Waals surface area contributed by atoms with E-state index < -0.39 is 45.2 Å². The van der Waals surface area contributed by atoms with Gasteiger partial charge in [-0.2, -0.15) is 0 Å². The Balaban J connectivity index is 1.46. The van der Waals surface area contributed by atoms with Gasteiger partial charge in [0, 0.05) is 30.1 Å². The van der Waals surface area contributed by atoms with Gasteiger partial charge in [-0.1, -0.05) is 124 Å². The molecule has 310 valence electrons. The first-order valence-electron chi connectivity index (χ1n) is 20.8. The van der Waals surface area contributed by atoms with Crippen LogP contribution >= 0.6 is 18.2 Å². The minimum absolute atomic E-state index is 0.00835. The van der Waals surface area contributed by atoms with Crippen LogP contribution in [0, 0.1) is 11.8 Å². The molecule has 3 aromatic carbocycles. The van der Waals surface area contributed by atoms with Gasteiger partial charge < -0.3 is 14.1 Å². The van der Waals surface area contributed by atoms with Gasteiger partial charge in [-0.15, -0.1) is 11.3 Å². The number of carbonyl (C=O) groups is 3. The normalized spacial score (nSPS) is 19.7. The second-order valence-electron chi connectivity index (χ2n) is 17.2. The Hall–Kier alpha value is -4.92. The van der Waals surface area contributed by atoms with E-state index in [0.29, 0.717) is 12.8 Å². The molecule has 0 radical (unpaired) electrons. The predicted octanol–water partition coefficient (Wildman–Crippen LogP) is 9.65. The van der Waals surface area contributed by atoms with E-state index in [-0.39, 0.29) is 28.8 Å². The Bertz CT molecular complexity index is 2320. The van der Waals surface area contributed by atoms with Crippen LogP contribution in [0.2, 0.25) is 18.1 Å². The fourth-order valence-corrected chi connectivity index (χ4v) is 15.2. The van der Waals surface area contributed by atoms with Gasteiger partial charge in [0.05, 0.1) is 18.1 Å². The molecule has 0 spiro atoms. The first kappa shape index (κ1) is 43.2. The molecule has 1 aliphatic carbocycles. The van der Waals surface area contributed by atoms with Crippen molar-refractivity contribution in [2.75, 3.05) is 6.61 Å². The molecule has 1 aliphatic heterocycles. The molecule has 2 aromatic heterocycles. The second-order valence-corrected chi connectivity index (χ2v) is 26.2. The minimum atomic E-state index is -3.20. The number of benzene rings is 3. The highest BCUT2D eigenvalue weighted by molar-refractivity contribution is 7.96. The largest absolute Gasteiger partial charge is 0.457 e. The summed E-state index contributed by atoms with van der Waals surface area (Å²) in [6.45, 7) is 13.5. The summed E-state index contributed by atoms with van der Waals surface area (Å²) in [6, 6.07) is 35.4. The van der Waals surface area contributed by atoms with E-state index in [2.05, 4.69) is 56.9 Å². The molecule has 5 aromatic rings. The van der Waals surface area contributed by atoms with Gasteiger partial charge in [-0.25, -0.2) is 4.79 Å². The summed E-state index contributed by atoms with van der Waals surface area (Å²) in [4.78, 5) is 52.7. The highest BCUT2D eigenvalue weighted by Gasteiger charge is 2.60. The van der Waals surface area contributed by atoms with Gasteiger partial charge >= 0.3 is 5.97 Å². The Labute approximate surface area is 360 Å². The predicted molar refractivity (Wildman–Crippen MR) is 251 cm³/mol. The standard InChI is InChI=1S/C50H55N2O5PSSi/c1-8-31-56-49(55)48(58(39-20-12-9-13-21-39,40-22-14-10-15-23-40)41-24-16-11-17-25-41)52-45(44(47(52)54)35(2)57-60(6,7)50(3,4)5)43-26-18-19-37(46(43)53)32-42-33-38(34-59-42)36-27-29-51-30-28-36/h8-17,20-25,27-30,32-35,43-45H,1,18-19,26,31H2,2-7H3/b37-32+/t35-,43-,44-,45-/m1/s1. The summed E-state index contributed by atoms with van der Waals surface area (Å²) >= 11 is 1.60. The van der Waals surface area contributed by atoms with Crippen molar-refractivity contribution < 1.29 is 23.5 Å². The Morgan fingerprint density at radius 2 is 1.48 bits per heavy atom. The summed E-state index contributed by atoms with van der Waals surface area (Å²) in [5.41, 5.74) is 3.13. The fraction of sp³-hybridized carbons (Fsp3) is 0.300. The number of allylic oxidation sites excluding steroid dienone is 1. The number of ketones is 1. The number of amides is 1. The summed E-state index contributed by atoms with van der Waals surface area (Å²) in [7, 11) is -2.38. The quantitative estimate of drug-likeness (QED) is 0.0293. The molecule has 3 heterocycles. The maximum absolute atomic E-state index is 15.5. The average molecular weight is 855 g/mol. The van der Waals surface area contributed by atoms with Gasteiger partial charge in [0.25, 0.3) is 0 Å². The summed E-state index contributed by atoms with van der Waals surface area (Å²) in [5, 5.41) is 4.67. The molecule has 10 heteroatoms. The number of pyridine rings is 1. The molecular weight excluding hydrogens is 800 g/mol. The average Bonchev–Trinajstić information content (AvgIpc) is 3.72. The molecule has 1 saturated carbocycles. The molecule has 0 bridgehead atoms. The Morgan fingerprint density at radius 1 is 0.917 bits per heavy atom. The lowest BCUT2D eigenvalue weighted by molar-refractivity contribution is -0.162. The lowest BCUT2D eigenvalue weighted by Crippen LogP contribution is -2.72. The SMILES string of the molecule is C=CCOC(=O)C(N1C(=O)[C@H]([C@@H](C)O[Si](C)(C)C(C)(C)C)[C@H]1[C@H]1CCC/C(=C\c2cc(-c3ccncc3)cs2)C1=O)=P(c1ccccc1)(c1ccccc1)c1ccccc1. The fourth-order valence-electron chi connectivity index (χ4n) is 8.54. The summed E-state index contributed by atoms with van der Waals surface area (Å²) < 4.78 is 13.1. The molecule has 2 aliphatic rings. The van der Waals surface area contributed by atoms with Gasteiger partial charge in [0.1, 0.15) is 12.0 Å². The first-order valence-corrected chi connectivity index (χ1v) is 26.3. The topological polar surface area (TPSA) is 85.8 Å². The van der Waals surface area contributed by atoms with Gasteiger partial charge in [-0.3, -0.25) is 14.6 Å². The number of rotatable bonds is 13. The smallest absolute Gasteiger partial charge is 0.356 e. The zero-order valence-electron chi connectivity index (χ0n) is 35.4. The lowest BCUT2D eigenvalue weighted by atomic mass is 9.69. The number of β-lactam (4-membered cyclic amide) rings is 1. The number of Topliss-reactive ketones (excluding diaryl/α,β-unsaturated/α-hetero) is 1. The number of aromatic nitrogens is 1. The van der Waals surface area contributed by atoms with Crippen LogP contribution in [0.15, 0.2) is 145 Å². The van der Waals surface area contributed by atoms with E-state index in [1.165, 1.54) is 0 Å². The van der Waals surface area contributed by atoms with Crippen LogP contribution in [0.3, 0.4) is 0 Å². The number of carbonyl (C=O) groups excluding carboxylic acids is 3. The van der Waals surface area contributed by atoms with Crippen molar-refractivity contribution in [3.8, 4) is 11.1 Å². The van der Waals surface area contributed by atoms with Crippen LogP contribution in [0.25, 0.3) is 17.2 Å². The molecule has 0 unspecified atom stereocenters. The number of nitrogens with zero attached hydrogens (tertiary/aromatic N) is 2.